The van der Waals surface area contributed by atoms with E-state index in [0.29, 0.717) is 12.3 Å². The van der Waals surface area contributed by atoms with Crippen LogP contribution in [-0.2, 0) is 19.3 Å². The highest BCUT2D eigenvalue weighted by atomic mass is 17.2. The minimum absolute atomic E-state index is 0.379. The molecule has 0 aromatic rings. The molecule has 1 rings (SSSR count). The van der Waals surface area contributed by atoms with Gasteiger partial charge in [-0.3, -0.25) is 0 Å². The van der Waals surface area contributed by atoms with Gasteiger partial charge >= 0.3 is 5.97 Å². The monoisotopic (exact) mass is 364 g/mol. The highest BCUT2D eigenvalue weighted by molar-refractivity contribution is 5.81. The molecule has 0 aliphatic carbocycles. The maximum Gasteiger partial charge on any atom is 0.330 e. The molecule has 4 nitrogen and oxygen atoms in total. The lowest BCUT2D eigenvalue weighted by Gasteiger charge is -2.24. The predicted molar refractivity (Wildman–Crippen MR) is 106 cm³/mol. The fourth-order valence-corrected chi connectivity index (χ4v) is 3.37. The molecule has 0 aromatic carbocycles. The van der Waals surface area contributed by atoms with E-state index in [0.717, 1.165) is 32.1 Å². The van der Waals surface area contributed by atoms with Crippen molar-refractivity contribution < 1.29 is 19.3 Å². The molecule has 1 fully saturated rings. The molecule has 0 N–H and O–H groups in total. The molecule has 3 atom stereocenters. The van der Waals surface area contributed by atoms with Gasteiger partial charge in [-0.1, -0.05) is 51.5 Å². The average molecular weight is 365 g/mol. The molecular weight excluding hydrogens is 328 g/mol. The third kappa shape index (κ3) is 6.40. The van der Waals surface area contributed by atoms with E-state index < -0.39 is 11.2 Å². The summed E-state index contributed by atoms with van der Waals surface area (Å²) < 4.78 is 4.69. The number of esters is 1. The van der Waals surface area contributed by atoms with E-state index in [-0.39, 0.29) is 5.97 Å². The molecule has 4 heteroatoms. The Balaban J connectivity index is 2.93. The van der Waals surface area contributed by atoms with E-state index >= 15 is 0 Å². The van der Waals surface area contributed by atoms with Gasteiger partial charge in [0, 0.05) is 12.5 Å². The Morgan fingerprint density at radius 3 is 2.35 bits per heavy atom. The van der Waals surface area contributed by atoms with Gasteiger partial charge in [0.1, 0.15) is 11.2 Å². The summed E-state index contributed by atoms with van der Waals surface area (Å²) in [6.07, 6.45) is 15.4. The van der Waals surface area contributed by atoms with Crippen molar-refractivity contribution in [3.8, 4) is 0 Å². The Labute approximate surface area is 159 Å². The van der Waals surface area contributed by atoms with Crippen LogP contribution in [0.15, 0.2) is 36.0 Å². The number of methoxy groups -OCH3 is 1. The smallest absolute Gasteiger partial charge is 0.330 e. The summed E-state index contributed by atoms with van der Waals surface area (Å²) in [6.45, 7) is 10.7. The molecule has 26 heavy (non-hydrogen) atoms. The Kier molecular flexibility index (Phi) is 9.31. The van der Waals surface area contributed by atoms with E-state index in [9.17, 15) is 4.79 Å². The fourth-order valence-electron chi connectivity index (χ4n) is 3.37. The van der Waals surface area contributed by atoms with Crippen molar-refractivity contribution in [1.29, 1.82) is 0 Å². The molecule has 1 saturated heterocycles. The van der Waals surface area contributed by atoms with Crippen molar-refractivity contribution in [2.24, 2.45) is 5.92 Å². The van der Waals surface area contributed by atoms with E-state index in [1.807, 2.05) is 6.92 Å². The first-order chi connectivity index (χ1) is 12.4. The van der Waals surface area contributed by atoms with Gasteiger partial charge in [-0.2, -0.15) is 0 Å². The number of hydrogen-bond donors (Lipinski definition) is 0. The standard InChI is InChI=1S/C22H36O4/c1-7-11-12-19(8-2)15-18(5)16-22(10-4)17-21(9-3,25-26-22)14-13-20(23)24-6/h11-14,16,19H,7-10,15,17H2,1-6H3/b12-11+,14-13+,18-16+/t19?,21-,22+/m1/s1. The van der Waals surface area contributed by atoms with Crippen molar-refractivity contribution in [2.45, 2.75) is 84.3 Å². The third-order valence-electron chi connectivity index (χ3n) is 5.16. The highest BCUT2D eigenvalue weighted by Gasteiger charge is 2.47. The normalized spacial score (nSPS) is 28.2. The molecule has 1 aliphatic rings. The molecule has 148 valence electrons. The van der Waals surface area contributed by atoms with Crippen LogP contribution in [0.2, 0.25) is 0 Å². The lowest BCUT2D eigenvalue weighted by Crippen LogP contribution is -2.30. The Hall–Kier alpha value is -1.39. The highest BCUT2D eigenvalue weighted by Crippen LogP contribution is 2.43. The zero-order valence-corrected chi connectivity index (χ0v) is 17.3. The van der Waals surface area contributed by atoms with Crippen LogP contribution in [0.1, 0.15) is 73.1 Å². The lowest BCUT2D eigenvalue weighted by atomic mass is 9.82. The first kappa shape index (κ1) is 22.7. The van der Waals surface area contributed by atoms with Gasteiger partial charge in [0.2, 0.25) is 0 Å². The van der Waals surface area contributed by atoms with E-state index in [4.69, 9.17) is 14.5 Å². The number of carbonyl (C=O) groups is 1. The zero-order valence-electron chi connectivity index (χ0n) is 17.3. The lowest BCUT2D eigenvalue weighted by molar-refractivity contribution is -0.333. The van der Waals surface area contributed by atoms with Crippen molar-refractivity contribution in [2.75, 3.05) is 7.11 Å². The molecule has 0 radical (unpaired) electrons. The molecule has 0 amide bonds. The van der Waals surface area contributed by atoms with Gasteiger partial charge < -0.3 is 4.74 Å². The zero-order chi connectivity index (χ0) is 19.6. The Morgan fingerprint density at radius 2 is 1.81 bits per heavy atom. The van der Waals surface area contributed by atoms with Gasteiger partial charge in [0.25, 0.3) is 0 Å². The molecular formula is C22H36O4. The van der Waals surface area contributed by atoms with Crippen LogP contribution in [0.3, 0.4) is 0 Å². The number of rotatable bonds is 10. The van der Waals surface area contributed by atoms with Gasteiger partial charge in [-0.25, -0.2) is 14.6 Å². The fraction of sp³-hybridized carbons (Fsp3) is 0.682. The number of hydrogen-bond acceptors (Lipinski definition) is 4. The first-order valence-corrected chi connectivity index (χ1v) is 9.87. The van der Waals surface area contributed by atoms with Crippen molar-refractivity contribution >= 4 is 5.97 Å². The predicted octanol–water partition coefficient (Wildman–Crippen LogP) is 5.69. The maximum atomic E-state index is 11.5. The first-order valence-electron chi connectivity index (χ1n) is 9.87. The minimum atomic E-state index is -0.590. The summed E-state index contributed by atoms with van der Waals surface area (Å²) in [5.41, 5.74) is 0.271. The molecule has 1 aliphatic heterocycles. The van der Waals surface area contributed by atoms with Crippen LogP contribution < -0.4 is 0 Å². The maximum absolute atomic E-state index is 11.5. The number of carbonyl (C=O) groups excluding carboxylic acids is 1. The second-order valence-electron chi connectivity index (χ2n) is 7.24. The summed E-state index contributed by atoms with van der Waals surface area (Å²) in [4.78, 5) is 23.0. The SMILES string of the molecule is CC/C=C/C(CC)C/C(C)=C/[C@@]1(CC)C[C@](/C=C/C(=O)OC)(CC)OO1. The largest absolute Gasteiger partial charge is 0.466 e. The molecule has 0 bridgehead atoms. The number of ether oxygens (including phenoxy) is 1. The Morgan fingerprint density at radius 1 is 1.15 bits per heavy atom. The topological polar surface area (TPSA) is 44.8 Å². The van der Waals surface area contributed by atoms with Gasteiger partial charge in [0.05, 0.1) is 7.11 Å². The van der Waals surface area contributed by atoms with Gasteiger partial charge in [-0.05, 0) is 51.0 Å². The molecule has 0 saturated carbocycles. The average Bonchev–Trinajstić information content (AvgIpc) is 3.02. The van der Waals surface area contributed by atoms with Crippen LogP contribution in [0.25, 0.3) is 0 Å². The minimum Gasteiger partial charge on any atom is -0.466 e. The Bertz CT molecular complexity index is 534. The van der Waals surface area contributed by atoms with Crippen LogP contribution in [0.4, 0.5) is 0 Å². The summed E-state index contributed by atoms with van der Waals surface area (Å²) in [5.74, 6) is 0.174. The van der Waals surface area contributed by atoms with Crippen molar-refractivity contribution in [1.82, 2.24) is 0 Å². The summed E-state index contributed by atoms with van der Waals surface area (Å²) >= 11 is 0. The van der Waals surface area contributed by atoms with Crippen molar-refractivity contribution in [3.63, 3.8) is 0 Å². The molecule has 1 heterocycles. The van der Waals surface area contributed by atoms with Crippen LogP contribution >= 0.6 is 0 Å². The van der Waals surface area contributed by atoms with Gasteiger partial charge in [-0.15, -0.1) is 0 Å². The van der Waals surface area contributed by atoms with Crippen molar-refractivity contribution in [3.05, 3.63) is 36.0 Å². The van der Waals surface area contributed by atoms with E-state index in [1.165, 1.54) is 18.8 Å². The molecule has 1 unspecified atom stereocenters. The molecule has 0 spiro atoms. The number of allylic oxidation sites excluding steroid dienone is 3. The third-order valence-corrected chi connectivity index (χ3v) is 5.16. The quantitative estimate of drug-likeness (QED) is 0.216. The van der Waals surface area contributed by atoms with Crippen LogP contribution in [0, 0.1) is 5.92 Å². The summed E-state index contributed by atoms with van der Waals surface area (Å²) in [6, 6.07) is 0. The van der Waals surface area contributed by atoms with Crippen LogP contribution in [-0.4, -0.2) is 24.3 Å². The summed E-state index contributed by atoms with van der Waals surface area (Å²) in [7, 11) is 1.37. The van der Waals surface area contributed by atoms with E-state index in [2.05, 4.69) is 45.9 Å². The second-order valence-corrected chi connectivity index (χ2v) is 7.24. The van der Waals surface area contributed by atoms with Crippen LogP contribution in [0.5, 0.6) is 0 Å². The second kappa shape index (κ2) is 10.7. The summed E-state index contributed by atoms with van der Waals surface area (Å²) in [5, 5.41) is 0. The van der Waals surface area contributed by atoms with E-state index in [1.54, 1.807) is 6.08 Å². The van der Waals surface area contributed by atoms with Gasteiger partial charge in [0.15, 0.2) is 0 Å². The molecule has 0 aromatic heterocycles.